The van der Waals surface area contributed by atoms with Crippen LogP contribution in [0.4, 0.5) is 0 Å². The molecule has 2 aromatic rings. The van der Waals surface area contributed by atoms with Crippen molar-refractivity contribution in [3.05, 3.63) is 56.5 Å². The lowest BCUT2D eigenvalue weighted by Gasteiger charge is -2.15. The van der Waals surface area contributed by atoms with E-state index in [9.17, 15) is 0 Å². The Labute approximate surface area is 147 Å². The van der Waals surface area contributed by atoms with E-state index in [1.807, 2.05) is 6.07 Å². The van der Waals surface area contributed by atoms with E-state index in [-0.39, 0.29) is 6.61 Å². The lowest BCUT2D eigenvalue weighted by atomic mass is 10.2. The average molecular weight is 411 g/mol. The highest BCUT2D eigenvalue weighted by atomic mass is 79.9. The fraction of sp³-hybridized carbons (Fsp3) is 0.200. The van der Waals surface area contributed by atoms with Crippen molar-refractivity contribution in [2.24, 2.45) is 0 Å². The number of hydrogen-bond acceptors (Lipinski definition) is 2. The fourth-order valence-corrected chi connectivity index (χ4v) is 2.86. The van der Waals surface area contributed by atoms with E-state index in [1.165, 1.54) is 0 Å². The predicted molar refractivity (Wildman–Crippen MR) is 91.4 cm³/mol. The van der Waals surface area contributed by atoms with E-state index in [4.69, 9.17) is 44.3 Å². The maximum absolute atomic E-state index is 6.13. The van der Waals surface area contributed by atoms with E-state index in [2.05, 4.69) is 15.9 Å². The first-order chi connectivity index (χ1) is 10.0. The third-order valence-corrected chi connectivity index (χ3v) is 4.27. The molecule has 0 aliphatic carbocycles. The Bertz CT molecular complexity index is 622. The topological polar surface area (TPSA) is 18.5 Å². The maximum Gasteiger partial charge on any atom is 0.165 e. The monoisotopic (exact) mass is 408 g/mol. The molecule has 2 rings (SSSR count). The SMILES string of the molecule is COc1cc(Cl)cc(CBr)c1OCc1cc(Cl)ccc1Cl. The number of hydrogen-bond donors (Lipinski definition) is 0. The summed E-state index contributed by atoms with van der Waals surface area (Å²) in [6, 6.07) is 8.80. The molecule has 0 saturated heterocycles. The van der Waals surface area contributed by atoms with E-state index in [0.29, 0.717) is 31.9 Å². The van der Waals surface area contributed by atoms with Crippen LogP contribution in [0.5, 0.6) is 11.5 Å². The Kier molecular flexibility index (Phi) is 6.06. The standard InChI is InChI=1S/C15H12BrCl3O2/c1-20-14-6-12(18)4-9(7-16)15(14)21-8-10-5-11(17)2-3-13(10)19/h2-6H,7-8H2,1H3. The molecule has 0 atom stereocenters. The molecular formula is C15H12BrCl3O2. The van der Waals surface area contributed by atoms with Gasteiger partial charge in [0.2, 0.25) is 0 Å². The van der Waals surface area contributed by atoms with Crippen LogP contribution in [0.1, 0.15) is 11.1 Å². The summed E-state index contributed by atoms with van der Waals surface area (Å²) in [4.78, 5) is 0. The van der Waals surface area contributed by atoms with Crippen LogP contribution in [0.15, 0.2) is 30.3 Å². The Morgan fingerprint density at radius 3 is 2.38 bits per heavy atom. The number of ether oxygens (including phenoxy) is 2. The molecule has 0 saturated carbocycles. The molecule has 21 heavy (non-hydrogen) atoms. The summed E-state index contributed by atoms with van der Waals surface area (Å²) in [5.74, 6) is 1.21. The van der Waals surface area contributed by atoms with Gasteiger partial charge in [0, 0.05) is 37.6 Å². The maximum atomic E-state index is 6.13. The van der Waals surface area contributed by atoms with Crippen molar-refractivity contribution < 1.29 is 9.47 Å². The first kappa shape index (κ1) is 16.8. The highest BCUT2D eigenvalue weighted by Crippen LogP contribution is 2.36. The zero-order valence-electron chi connectivity index (χ0n) is 11.1. The zero-order valence-corrected chi connectivity index (χ0v) is 15.0. The van der Waals surface area contributed by atoms with Gasteiger partial charge in [0.15, 0.2) is 11.5 Å². The van der Waals surface area contributed by atoms with Crippen LogP contribution in [-0.4, -0.2) is 7.11 Å². The molecule has 0 aliphatic rings. The summed E-state index contributed by atoms with van der Waals surface area (Å²) in [5, 5.41) is 2.41. The summed E-state index contributed by atoms with van der Waals surface area (Å²) in [6.45, 7) is 0.289. The van der Waals surface area contributed by atoms with Crippen LogP contribution < -0.4 is 9.47 Å². The lowest BCUT2D eigenvalue weighted by Crippen LogP contribution is -2.01. The van der Waals surface area contributed by atoms with Crippen molar-refractivity contribution >= 4 is 50.7 Å². The van der Waals surface area contributed by atoms with Crippen LogP contribution in [0.2, 0.25) is 15.1 Å². The molecule has 2 nitrogen and oxygen atoms in total. The molecule has 0 heterocycles. The molecule has 112 valence electrons. The van der Waals surface area contributed by atoms with Crippen molar-refractivity contribution in [1.29, 1.82) is 0 Å². The quantitative estimate of drug-likeness (QED) is 0.552. The van der Waals surface area contributed by atoms with Crippen LogP contribution in [-0.2, 0) is 11.9 Å². The average Bonchev–Trinajstić information content (AvgIpc) is 2.48. The highest BCUT2D eigenvalue weighted by molar-refractivity contribution is 9.08. The summed E-state index contributed by atoms with van der Waals surface area (Å²) in [7, 11) is 1.57. The number of rotatable bonds is 5. The second-order valence-corrected chi connectivity index (χ2v) is 6.10. The number of benzene rings is 2. The van der Waals surface area contributed by atoms with Crippen molar-refractivity contribution in [3.63, 3.8) is 0 Å². The third-order valence-electron chi connectivity index (χ3n) is 2.84. The molecular weight excluding hydrogens is 398 g/mol. The predicted octanol–water partition coefficient (Wildman–Crippen LogP) is 6.13. The Morgan fingerprint density at radius 1 is 1.00 bits per heavy atom. The van der Waals surface area contributed by atoms with Gasteiger partial charge in [0.25, 0.3) is 0 Å². The van der Waals surface area contributed by atoms with Crippen molar-refractivity contribution in [1.82, 2.24) is 0 Å². The number of methoxy groups -OCH3 is 1. The smallest absolute Gasteiger partial charge is 0.165 e. The van der Waals surface area contributed by atoms with Gasteiger partial charge in [-0.25, -0.2) is 0 Å². The summed E-state index contributed by atoms with van der Waals surface area (Å²) >= 11 is 21.6. The molecule has 0 amide bonds. The second kappa shape index (κ2) is 7.59. The minimum absolute atomic E-state index is 0.289. The number of alkyl halides is 1. The lowest BCUT2D eigenvalue weighted by molar-refractivity contribution is 0.282. The Hall–Kier alpha value is -0.610. The fourth-order valence-electron chi connectivity index (χ4n) is 1.84. The van der Waals surface area contributed by atoms with E-state index in [1.54, 1.807) is 31.4 Å². The van der Waals surface area contributed by atoms with E-state index in [0.717, 1.165) is 11.1 Å². The molecule has 0 N–H and O–H groups in total. The number of halogens is 4. The Morgan fingerprint density at radius 2 is 1.71 bits per heavy atom. The molecule has 0 bridgehead atoms. The summed E-state index contributed by atoms with van der Waals surface area (Å²) in [5.41, 5.74) is 1.71. The van der Waals surface area contributed by atoms with Gasteiger partial charge in [0.05, 0.1) is 7.11 Å². The van der Waals surface area contributed by atoms with Gasteiger partial charge in [-0.05, 0) is 24.3 Å². The molecule has 2 aromatic carbocycles. The first-order valence-corrected chi connectivity index (χ1v) is 8.29. The minimum atomic E-state index is 0.289. The van der Waals surface area contributed by atoms with Crippen molar-refractivity contribution in [2.75, 3.05) is 7.11 Å². The van der Waals surface area contributed by atoms with Crippen LogP contribution in [0.3, 0.4) is 0 Å². The van der Waals surface area contributed by atoms with Gasteiger partial charge in [-0.3, -0.25) is 0 Å². The minimum Gasteiger partial charge on any atom is -0.493 e. The normalized spacial score (nSPS) is 10.5. The van der Waals surface area contributed by atoms with Crippen molar-refractivity contribution in [2.45, 2.75) is 11.9 Å². The zero-order chi connectivity index (χ0) is 15.4. The molecule has 0 aliphatic heterocycles. The Balaban J connectivity index is 2.29. The largest absolute Gasteiger partial charge is 0.493 e. The molecule has 0 unspecified atom stereocenters. The van der Waals surface area contributed by atoms with Crippen LogP contribution >= 0.6 is 50.7 Å². The highest BCUT2D eigenvalue weighted by Gasteiger charge is 2.13. The van der Waals surface area contributed by atoms with Gasteiger partial charge in [-0.15, -0.1) is 0 Å². The molecule has 0 aromatic heterocycles. The van der Waals surface area contributed by atoms with Gasteiger partial charge < -0.3 is 9.47 Å². The van der Waals surface area contributed by atoms with Gasteiger partial charge in [-0.2, -0.15) is 0 Å². The third kappa shape index (κ3) is 4.19. The van der Waals surface area contributed by atoms with Gasteiger partial charge in [-0.1, -0.05) is 50.7 Å². The van der Waals surface area contributed by atoms with E-state index >= 15 is 0 Å². The van der Waals surface area contributed by atoms with E-state index < -0.39 is 0 Å². The summed E-state index contributed by atoms with van der Waals surface area (Å²) < 4.78 is 11.2. The molecule has 0 fully saturated rings. The van der Waals surface area contributed by atoms with Crippen LogP contribution in [0, 0.1) is 0 Å². The van der Waals surface area contributed by atoms with Gasteiger partial charge in [0.1, 0.15) is 6.61 Å². The second-order valence-electron chi connectivity index (χ2n) is 4.25. The molecule has 0 spiro atoms. The summed E-state index contributed by atoms with van der Waals surface area (Å²) in [6.07, 6.45) is 0. The van der Waals surface area contributed by atoms with Crippen LogP contribution in [0.25, 0.3) is 0 Å². The first-order valence-electron chi connectivity index (χ1n) is 6.04. The molecule has 0 radical (unpaired) electrons. The van der Waals surface area contributed by atoms with Gasteiger partial charge >= 0.3 is 0 Å². The molecule has 6 heteroatoms. The van der Waals surface area contributed by atoms with Crippen molar-refractivity contribution in [3.8, 4) is 11.5 Å².